The number of pyridine rings is 1. The summed E-state index contributed by atoms with van der Waals surface area (Å²) in [4.78, 5) is 5.34. The number of nitrogens with zero attached hydrogens (tertiary/aromatic N) is 1. The monoisotopic (exact) mass is 419 g/mol. The van der Waals surface area contributed by atoms with Crippen LogP contribution in [0.25, 0.3) is 11.1 Å². The second kappa shape index (κ2) is 7.67. The number of hydrogen-bond acceptors (Lipinski definition) is 4. The van der Waals surface area contributed by atoms with Gasteiger partial charge in [0.25, 0.3) is 0 Å². The summed E-state index contributed by atoms with van der Waals surface area (Å²) in [5, 5.41) is 6.44. The fraction of sp³-hybridized carbons (Fsp3) is 0.333. The highest BCUT2D eigenvalue weighted by Crippen LogP contribution is 2.37. The number of anilines is 2. The molecule has 2 aromatic rings. The number of nitrogens with one attached hydrogen (secondary N) is 2. The van der Waals surface area contributed by atoms with E-state index in [9.17, 15) is 13.2 Å². The Balaban J connectivity index is 1.59. The van der Waals surface area contributed by atoms with Gasteiger partial charge in [-0.1, -0.05) is 30.9 Å². The molecule has 0 unspecified atom stereocenters. The van der Waals surface area contributed by atoms with Crippen LogP contribution in [0.2, 0.25) is 0 Å². The van der Waals surface area contributed by atoms with Gasteiger partial charge in [-0.2, -0.15) is 0 Å². The topological polar surface area (TPSA) is 46.2 Å². The van der Waals surface area contributed by atoms with Gasteiger partial charge in [0.15, 0.2) is 0 Å². The molecular weight excluding hydrogens is 399 g/mol. The maximum absolute atomic E-state index is 12.4. The Hall–Kier alpha value is -2.61. The van der Waals surface area contributed by atoms with Crippen molar-refractivity contribution in [2.45, 2.75) is 32.0 Å². The number of thiocarbonyl (C=S) groups is 1. The number of aromatic nitrogens is 1. The molecule has 29 heavy (non-hydrogen) atoms. The lowest BCUT2D eigenvalue weighted by molar-refractivity contribution is -0.274. The van der Waals surface area contributed by atoms with Gasteiger partial charge in [0.05, 0.1) is 4.99 Å². The molecule has 1 heterocycles. The molecule has 4 nitrogen and oxygen atoms in total. The molecule has 2 aliphatic carbocycles. The van der Waals surface area contributed by atoms with Crippen molar-refractivity contribution in [1.29, 1.82) is 0 Å². The highest BCUT2D eigenvalue weighted by Gasteiger charge is 2.31. The summed E-state index contributed by atoms with van der Waals surface area (Å²) in [7, 11) is 0. The minimum absolute atomic E-state index is 0.260. The van der Waals surface area contributed by atoms with E-state index in [1.54, 1.807) is 12.1 Å². The normalized spacial score (nSPS) is 16.2. The molecule has 0 bridgehead atoms. The minimum atomic E-state index is -4.71. The summed E-state index contributed by atoms with van der Waals surface area (Å²) in [6, 6.07) is 9.43. The minimum Gasteiger partial charge on any atom is -0.406 e. The van der Waals surface area contributed by atoms with Gasteiger partial charge >= 0.3 is 6.36 Å². The third kappa shape index (κ3) is 5.47. The lowest BCUT2D eigenvalue weighted by atomic mass is 10.1. The number of allylic oxidation sites excluding steroid dienone is 1. The molecule has 0 atom stereocenters. The average molecular weight is 419 g/mol. The predicted octanol–water partition coefficient (Wildman–Crippen LogP) is 6.13. The van der Waals surface area contributed by atoms with Crippen LogP contribution in [-0.4, -0.2) is 16.3 Å². The Kier molecular flexibility index (Phi) is 5.21. The number of ether oxygens (including phenoxy) is 1. The highest BCUT2D eigenvalue weighted by atomic mass is 32.1. The lowest BCUT2D eigenvalue weighted by Crippen LogP contribution is -2.16. The highest BCUT2D eigenvalue weighted by molar-refractivity contribution is 7.80. The van der Waals surface area contributed by atoms with E-state index in [-0.39, 0.29) is 5.75 Å². The van der Waals surface area contributed by atoms with Gasteiger partial charge in [0.1, 0.15) is 17.4 Å². The van der Waals surface area contributed by atoms with E-state index in [1.165, 1.54) is 12.1 Å². The van der Waals surface area contributed by atoms with Gasteiger partial charge in [-0.05, 0) is 67.0 Å². The number of rotatable bonds is 7. The fourth-order valence-corrected chi connectivity index (χ4v) is 3.29. The number of benzene rings is 1. The fourth-order valence-electron chi connectivity index (χ4n) is 2.95. The zero-order valence-electron chi connectivity index (χ0n) is 15.6. The molecule has 2 saturated carbocycles. The van der Waals surface area contributed by atoms with Crippen LogP contribution in [0, 0.1) is 11.8 Å². The van der Waals surface area contributed by atoms with Gasteiger partial charge in [0, 0.05) is 11.6 Å². The zero-order valence-corrected chi connectivity index (χ0v) is 16.4. The molecule has 0 radical (unpaired) electrons. The second-order valence-corrected chi connectivity index (χ2v) is 7.83. The molecule has 1 aromatic heterocycles. The SMILES string of the molecule is C=C(Nc1cc(-c2ccc(OC(F)(F)F)cc2)cc(NC(=S)C2CC2)n1)C1CC1. The molecule has 4 rings (SSSR count). The quantitative estimate of drug-likeness (QED) is 0.529. The van der Waals surface area contributed by atoms with Crippen molar-refractivity contribution in [2.75, 3.05) is 10.6 Å². The van der Waals surface area contributed by atoms with Crippen molar-refractivity contribution in [3.05, 3.63) is 48.7 Å². The third-order valence-electron chi connectivity index (χ3n) is 4.80. The van der Waals surface area contributed by atoms with E-state index >= 15 is 0 Å². The largest absolute Gasteiger partial charge is 0.573 e. The van der Waals surface area contributed by atoms with E-state index in [4.69, 9.17) is 12.2 Å². The summed E-state index contributed by atoms with van der Waals surface area (Å²) in [6.07, 6.45) is -0.328. The van der Waals surface area contributed by atoms with Gasteiger partial charge in [0.2, 0.25) is 0 Å². The standard InChI is InChI=1S/C21H20F3N3OS/c1-12(13-2-3-13)25-18-10-16(11-19(26-18)27-20(29)15-4-5-15)14-6-8-17(9-7-14)28-21(22,23)24/h6-11,13,15H,1-5H2,(H2,25,26,27,29). The van der Waals surface area contributed by atoms with Crippen LogP contribution >= 0.6 is 12.2 Å². The van der Waals surface area contributed by atoms with Crippen LogP contribution in [-0.2, 0) is 0 Å². The summed E-state index contributed by atoms with van der Waals surface area (Å²) < 4.78 is 41.1. The van der Waals surface area contributed by atoms with Crippen LogP contribution < -0.4 is 15.4 Å². The zero-order chi connectivity index (χ0) is 20.6. The lowest BCUT2D eigenvalue weighted by Gasteiger charge is -2.14. The summed E-state index contributed by atoms with van der Waals surface area (Å²) >= 11 is 5.42. The molecule has 8 heteroatoms. The van der Waals surface area contributed by atoms with Crippen molar-refractivity contribution in [1.82, 2.24) is 4.98 Å². The summed E-state index contributed by atoms with van der Waals surface area (Å²) in [5.41, 5.74) is 2.45. The van der Waals surface area contributed by atoms with E-state index < -0.39 is 6.36 Å². The van der Waals surface area contributed by atoms with Gasteiger partial charge in [-0.25, -0.2) is 4.98 Å². The number of alkyl halides is 3. The number of halogens is 3. The van der Waals surface area contributed by atoms with E-state index in [0.29, 0.717) is 23.5 Å². The Morgan fingerprint density at radius 3 is 2.10 bits per heavy atom. The average Bonchev–Trinajstić information content (AvgIpc) is 3.54. The molecule has 2 aliphatic rings. The van der Waals surface area contributed by atoms with Crippen molar-refractivity contribution >= 4 is 28.8 Å². The molecule has 0 spiro atoms. The van der Waals surface area contributed by atoms with Gasteiger partial charge < -0.3 is 15.4 Å². The van der Waals surface area contributed by atoms with Crippen LogP contribution in [0.1, 0.15) is 25.7 Å². The van der Waals surface area contributed by atoms with Crippen molar-refractivity contribution in [2.24, 2.45) is 11.8 Å². The molecule has 1 aromatic carbocycles. The first-order valence-corrected chi connectivity index (χ1v) is 9.82. The molecular formula is C21H20F3N3OS. The van der Waals surface area contributed by atoms with Crippen molar-refractivity contribution in [3.8, 4) is 16.9 Å². The summed E-state index contributed by atoms with van der Waals surface area (Å²) in [5.74, 6) is 1.82. The van der Waals surface area contributed by atoms with Crippen LogP contribution in [0.15, 0.2) is 48.7 Å². The van der Waals surface area contributed by atoms with Crippen LogP contribution in [0.3, 0.4) is 0 Å². The Morgan fingerprint density at radius 2 is 1.55 bits per heavy atom. The molecule has 0 amide bonds. The van der Waals surface area contributed by atoms with E-state index in [1.807, 2.05) is 12.1 Å². The van der Waals surface area contributed by atoms with Crippen molar-refractivity contribution < 1.29 is 17.9 Å². The first kappa shape index (κ1) is 19.7. The molecule has 2 N–H and O–H groups in total. The van der Waals surface area contributed by atoms with Crippen LogP contribution in [0.4, 0.5) is 24.8 Å². The van der Waals surface area contributed by atoms with Gasteiger partial charge in [-0.15, -0.1) is 13.2 Å². The Bertz CT molecular complexity index is 891. The van der Waals surface area contributed by atoms with E-state index in [2.05, 4.69) is 26.9 Å². The second-order valence-electron chi connectivity index (χ2n) is 7.39. The Morgan fingerprint density at radius 1 is 0.966 bits per heavy atom. The first-order chi connectivity index (χ1) is 13.8. The smallest absolute Gasteiger partial charge is 0.406 e. The number of hydrogen-bond donors (Lipinski definition) is 2. The first-order valence-electron chi connectivity index (χ1n) is 9.42. The maximum Gasteiger partial charge on any atom is 0.573 e. The molecule has 0 aliphatic heterocycles. The molecule has 0 saturated heterocycles. The van der Waals surface area contributed by atoms with Crippen LogP contribution in [0.5, 0.6) is 5.75 Å². The molecule has 152 valence electrons. The van der Waals surface area contributed by atoms with Crippen molar-refractivity contribution in [3.63, 3.8) is 0 Å². The Labute approximate surface area is 172 Å². The van der Waals surface area contributed by atoms with E-state index in [0.717, 1.165) is 47.5 Å². The van der Waals surface area contributed by atoms with Gasteiger partial charge in [-0.3, -0.25) is 0 Å². The summed E-state index contributed by atoms with van der Waals surface area (Å²) in [6.45, 7) is 4.07. The molecule has 2 fully saturated rings. The predicted molar refractivity (Wildman–Crippen MR) is 111 cm³/mol. The maximum atomic E-state index is 12.4. The third-order valence-corrected chi connectivity index (χ3v) is 5.24.